The van der Waals surface area contributed by atoms with E-state index in [9.17, 15) is 14.4 Å². The molecule has 2 aromatic rings. The molecule has 0 unspecified atom stereocenters. The van der Waals surface area contributed by atoms with Gasteiger partial charge in [-0.2, -0.15) is 0 Å². The highest BCUT2D eigenvalue weighted by Gasteiger charge is 2.38. The lowest BCUT2D eigenvalue weighted by Crippen LogP contribution is -2.33. The first kappa shape index (κ1) is 19.7. The second-order valence-corrected chi connectivity index (χ2v) is 7.07. The van der Waals surface area contributed by atoms with E-state index in [0.29, 0.717) is 24.5 Å². The third-order valence-electron chi connectivity index (χ3n) is 4.97. The second-order valence-electron chi connectivity index (χ2n) is 7.07. The summed E-state index contributed by atoms with van der Waals surface area (Å²) < 4.78 is 10.6. The maximum absolute atomic E-state index is 12.6. The van der Waals surface area contributed by atoms with Crippen molar-refractivity contribution in [1.82, 2.24) is 20.5 Å². The van der Waals surface area contributed by atoms with Crippen molar-refractivity contribution in [2.75, 3.05) is 13.3 Å². The van der Waals surface area contributed by atoms with E-state index in [0.717, 1.165) is 16.2 Å². The summed E-state index contributed by atoms with van der Waals surface area (Å²) in [5, 5.41) is 5.47. The van der Waals surface area contributed by atoms with E-state index in [1.54, 1.807) is 24.4 Å². The summed E-state index contributed by atoms with van der Waals surface area (Å²) in [6.07, 6.45) is 2.74. The van der Waals surface area contributed by atoms with Gasteiger partial charge in [-0.05, 0) is 36.2 Å². The van der Waals surface area contributed by atoms with Gasteiger partial charge in [-0.15, -0.1) is 0 Å². The first-order valence-corrected chi connectivity index (χ1v) is 9.77. The van der Waals surface area contributed by atoms with E-state index in [-0.39, 0.29) is 38.0 Å². The lowest BCUT2D eigenvalue weighted by molar-refractivity contribution is -0.128. The Hall–Kier alpha value is -3.62. The molecular weight excluding hydrogens is 388 g/mol. The number of hydrogen-bond donors (Lipinski definition) is 2. The number of carbonyl (C=O) groups is 3. The van der Waals surface area contributed by atoms with Gasteiger partial charge in [0.1, 0.15) is 6.04 Å². The van der Waals surface area contributed by atoms with Gasteiger partial charge in [0, 0.05) is 31.3 Å². The van der Waals surface area contributed by atoms with Gasteiger partial charge in [-0.25, -0.2) is 4.79 Å². The first-order valence-electron chi connectivity index (χ1n) is 9.77. The Kier molecular flexibility index (Phi) is 5.78. The zero-order valence-electron chi connectivity index (χ0n) is 16.3. The number of ether oxygens (including phenoxy) is 2. The van der Waals surface area contributed by atoms with Gasteiger partial charge in [0.05, 0.1) is 6.54 Å². The number of imide groups is 1. The molecule has 9 heteroatoms. The number of hydrogen-bond acceptors (Lipinski definition) is 6. The summed E-state index contributed by atoms with van der Waals surface area (Å²) in [6.45, 7) is 0.763. The quantitative estimate of drug-likeness (QED) is 0.636. The molecule has 0 radical (unpaired) electrons. The number of urea groups is 1. The molecule has 9 nitrogen and oxygen atoms in total. The molecule has 2 N–H and O–H groups in total. The molecule has 0 saturated carbocycles. The van der Waals surface area contributed by atoms with E-state index in [4.69, 9.17) is 9.47 Å². The summed E-state index contributed by atoms with van der Waals surface area (Å²) in [4.78, 5) is 42.3. The first-order chi connectivity index (χ1) is 14.6. The van der Waals surface area contributed by atoms with Gasteiger partial charge < -0.3 is 20.1 Å². The fourth-order valence-electron chi connectivity index (χ4n) is 3.38. The van der Waals surface area contributed by atoms with Crippen LogP contribution in [0.2, 0.25) is 0 Å². The molecule has 1 saturated heterocycles. The minimum atomic E-state index is -0.701. The molecular formula is C21H22N4O5. The molecule has 0 spiro atoms. The van der Waals surface area contributed by atoms with Gasteiger partial charge >= 0.3 is 6.03 Å². The monoisotopic (exact) mass is 410 g/mol. The van der Waals surface area contributed by atoms with Crippen molar-refractivity contribution in [2.24, 2.45) is 0 Å². The zero-order valence-corrected chi connectivity index (χ0v) is 16.3. The van der Waals surface area contributed by atoms with E-state index in [1.807, 2.05) is 18.2 Å². The Balaban J connectivity index is 1.24. The van der Waals surface area contributed by atoms with E-state index >= 15 is 0 Å². The molecule has 1 aromatic heterocycles. The van der Waals surface area contributed by atoms with Crippen LogP contribution >= 0.6 is 0 Å². The zero-order chi connectivity index (χ0) is 20.9. The lowest BCUT2D eigenvalue weighted by Gasteiger charge is -2.13. The molecule has 1 fully saturated rings. The van der Waals surface area contributed by atoms with Gasteiger partial charge in [-0.1, -0.05) is 12.1 Å². The Bertz CT molecular complexity index is 950. The highest BCUT2D eigenvalue weighted by atomic mass is 16.7. The standard InChI is InChI=1S/C21H22N4O5/c26-19(23-10-8-15-3-1-2-9-22-15)7-5-16-20(27)25(21(28)24-16)12-14-4-6-17-18(11-14)30-13-29-17/h1-4,6,9,11,16H,5,7-8,10,12-13H2,(H,23,26)(H,24,28)/t16-/m0/s1. The van der Waals surface area contributed by atoms with Crippen molar-refractivity contribution in [2.45, 2.75) is 31.8 Å². The van der Waals surface area contributed by atoms with Crippen molar-refractivity contribution in [3.8, 4) is 11.5 Å². The van der Waals surface area contributed by atoms with Gasteiger partial charge in [-0.3, -0.25) is 19.5 Å². The Morgan fingerprint density at radius 2 is 2.07 bits per heavy atom. The number of aromatic nitrogens is 1. The fourth-order valence-corrected chi connectivity index (χ4v) is 3.38. The Morgan fingerprint density at radius 1 is 1.20 bits per heavy atom. The third-order valence-corrected chi connectivity index (χ3v) is 4.97. The maximum Gasteiger partial charge on any atom is 0.325 e. The number of nitrogens with one attached hydrogen (secondary N) is 2. The second kappa shape index (κ2) is 8.81. The predicted molar refractivity (Wildman–Crippen MR) is 106 cm³/mol. The number of benzene rings is 1. The van der Waals surface area contributed by atoms with Gasteiger partial charge in [0.2, 0.25) is 12.7 Å². The molecule has 3 heterocycles. The fraction of sp³-hybridized carbons (Fsp3) is 0.333. The Morgan fingerprint density at radius 3 is 2.90 bits per heavy atom. The summed E-state index contributed by atoms with van der Waals surface area (Å²) in [6, 6.07) is 9.77. The molecule has 0 bridgehead atoms. The van der Waals surface area contributed by atoms with Crippen LogP contribution < -0.4 is 20.1 Å². The SMILES string of the molecule is O=C(CC[C@@H]1NC(=O)N(Cc2ccc3c(c2)OCO3)C1=O)NCCc1ccccn1. The van der Waals surface area contributed by atoms with Crippen LogP contribution in [0.3, 0.4) is 0 Å². The minimum Gasteiger partial charge on any atom is -0.454 e. The predicted octanol–water partition coefficient (Wildman–Crippen LogP) is 1.37. The number of fused-ring (bicyclic) bond motifs is 1. The lowest BCUT2D eigenvalue weighted by atomic mass is 10.1. The molecule has 0 aliphatic carbocycles. The van der Waals surface area contributed by atoms with Crippen LogP contribution in [0.5, 0.6) is 11.5 Å². The number of pyridine rings is 1. The van der Waals surface area contributed by atoms with E-state index < -0.39 is 12.1 Å². The normalized spacial score (nSPS) is 17.2. The molecule has 2 aliphatic rings. The number of carbonyl (C=O) groups excluding carboxylic acids is 3. The Labute approximate surface area is 173 Å². The maximum atomic E-state index is 12.6. The highest BCUT2D eigenvalue weighted by Crippen LogP contribution is 2.33. The molecule has 2 aliphatic heterocycles. The van der Waals surface area contributed by atoms with Crippen molar-refractivity contribution < 1.29 is 23.9 Å². The number of nitrogens with zero attached hydrogens (tertiary/aromatic N) is 2. The largest absolute Gasteiger partial charge is 0.454 e. The molecule has 4 amide bonds. The van der Waals surface area contributed by atoms with Gasteiger partial charge in [0.15, 0.2) is 11.5 Å². The number of rotatable bonds is 8. The molecule has 156 valence electrons. The van der Waals surface area contributed by atoms with Gasteiger partial charge in [0.25, 0.3) is 5.91 Å². The summed E-state index contributed by atoms with van der Waals surface area (Å²) in [5.41, 5.74) is 1.66. The van der Waals surface area contributed by atoms with Crippen molar-refractivity contribution in [1.29, 1.82) is 0 Å². The van der Waals surface area contributed by atoms with Crippen LogP contribution in [0.15, 0.2) is 42.6 Å². The number of amides is 4. The van der Waals surface area contributed by atoms with Crippen LogP contribution in [0.25, 0.3) is 0 Å². The molecule has 1 aromatic carbocycles. The third kappa shape index (κ3) is 4.51. The molecule has 1 atom stereocenters. The summed E-state index contributed by atoms with van der Waals surface area (Å²) in [5.74, 6) is 0.738. The van der Waals surface area contributed by atoms with Crippen LogP contribution in [0.1, 0.15) is 24.1 Å². The van der Waals surface area contributed by atoms with Crippen molar-refractivity contribution >= 4 is 17.8 Å². The summed E-state index contributed by atoms with van der Waals surface area (Å²) >= 11 is 0. The van der Waals surface area contributed by atoms with Crippen molar-refractivity contribution in [3.63, 3.8) is 0 Å². The van der Waals surface area contributed by atoms with Crippen LogP contribution in [-0.4, -0.2) is 47.1 Å². The minimum absolute atomic E-state index is 0.133. The smallest absolute Gasteiger partial charge is 0.325 e. The topological polar surface area (TPSA) is 110 Å². The summed E-state index contributed by atoms with van der Waals surface area (Å²) in [7, 11) is 0. The average molecular weight is 410 g/mol. The molecule has 4 rings (SSSR count). The van der Waals surface area contributed by atoms with Crippen LogP contribution in [0.4, 0.5) is 4.79 Å². The van der Waals surface area contributed by atoms with Crippen LogP contribution in [0, 0.1) is 0 Å². The van der Waals surface area contributed by atoms with Crippen LogP contribution in [-0.2, 0) is 22.6 Å². The van der Waals surface area contributed by atoms with E-state index in [1.165, 1.54) is 0 Å². The average Bonchev–Trinajstić information content (AvgIpc) is 3.32. The van der Waals surface area contributed by atoms with E-state index in [2.05, 4.69) is 15.6 Å². The van der Waals surface area contributed by atoms with Crippen molar-refractivity contribution in [3.05, 3.63) is 53.9 Å². The highest BCUT2D eigenvalue weighted by molar-refractivity contribution is 6.04. The molecule has 30 heavy (non-hydrogen) atoms.